The zero-order chi connectivity index (χ0) is 13.2. The first-order valence-corrected chi connectivity index (χ1v) is 7.47. The lowest BCUT2D eigenvalue weighted by Gasteiger charge is -2.22. The highest BCUT2D eigenvalue weighted by molar-refractivity contribution is 9.10. The summed E-state index contributed by atoms with van der Waals surface area (Å²) in [5.74, 6) is -0.173. The fraction of sp³-hybridized carbons (Fsp3) is 0.600. The summed E-state index contributed by atoms with van der Waals surface area (Å²) in [5, 5.41) is 3.36. The SMILES string of the molecule is CC1(C)CCCC(Nc2ccc(Br)cc2F)CC1. The van der Waals surface area contributed by atoms with Crippen LogP contribution >= 0.6 is 15.9 Å². The number of rotatable bonds is 2. The molecule has 0 radical (unpaired) electrons. The van der Waals surface area contributed by atoms with Gasteiger partial charge in [-0.3, -0.25) is 0 Å². The van der Waals surface area contributed by atoms with Crippen LogP contribution in [0.5, 0.6) is 0 Å². The number of halogens is 2. The summed E-state index contributed by atoms with van der Waals surface area (Å²) in [6.07, 6.45) is 5.97. The standard InChI is InChI=1S/C15H21BrFN/c1-15(2)8-3-4-12(7-9-15)18-14-6-5-11(16)10-13(14)17/h5-6,10,12,18H,3-4,7-9H2,1-2H3. The lowest BCUT2D eigenvalue weighted by Crippen LogP contribution is -2.19. The van der Waals surface area contributed by atoms with Crippen molar-refractivity contribution in [1.29, 1.82) is 0 Å². The van der Waals surface area contributed by atoms with Crippen LogP contribution < -0.4 is 5.32 Å². The van der Waals surface area contributed by atoms with E-state index in [0.717, 1.165) is 17.3 Å². The lowest BCUT2D eigenvalue weighted by molar-refractivity contribution is 0.313. The van der Waals surface area contributed by atoms with Crippen molar-refractivity contribution in [2.24, 2.45) is 5.41 Å². The first kappa shape index (κ1) is 13.9. The molecule has 1 aliphatic rings. The van der Waals surface area contributed by atoms with Crippen molar-refractivity contribution in [3.63, 3.8) is 0 Å². The zero-order valence-electron chi connectivity index (χ0n) is 11.1. The minimum absolute atomic E-state index is 0.173. The average molecular weight is 314 g/mol. The number of hydrogen-bond acceptors (Lipinski definition) is 1. The van der Waals surface area contributed by atoms with Gasteiger partial charge >= 0.3 is 0 Å². The third-order valence-corrected chi connectivity index (χ3v) is 4.36. The molecule has 1 aromatic rings. The summed E-state index contributed by atoms with van der Waals surface area (Å²) in [7, 11) is 0. The Kier molecular flexibility index (Phi) is 4.31. The van der Waals surface area contributed by atoms with Gasteiger partial charge in [-0.2, -0.15) is 0 Å². The minimum atomic E-state index is -0.173. The Morgan fingerprint density at radius 3 is 2.78 bits per heavy atom. The molecule has 1 N–H and O–H groups in total. The number of anilines is 1. The highest BCUT2D eigenvalue weighted by Crippen LogP contribution is 2.35. The van der Waals surface area contributed by atoms with Crippen molar-refractivity contribution < 1.29 is 4.39 Å². The van der Waals surface area contributed by atoms with Gasteiger partial charge in [0.05, 0.1) is 5.69 Å². The Hall–Kier alpha value is -0.570. The van der Waals surface area contributed by atoms with Crippen molar-refractivity contribution in [2.45, 2.75) is 52.0 Å². The van der Waals surface area contributed by atoms with Gasteiger partial charge in [0.25, 0.3) is 0 Å². The van der Waals surface area contributed by atoms with Gasteiger partial charge in [-0.25, -0.2) is 4.39 Å². The van der Waals surface area contributed by atoms with Crippen LogP contribution in [0.15, 0.2) is 22.7 Å². The Morgan fingerprint density at radius 1 is 1.28 bits per heavy atom. The summed E-state index contributed by atoms with van der Waals surface area (Å²) in [5.41, 5.74) is 1.07. The normalized spacial score (nSPS) is 23.4. The van der Waals surface area contributed by atoms with E-state index < -0.39 is 0 Å². The summed E-state index contributed by atoms with van der Waals surface area (Å²) in [4.78, 5) is 0. The summed E-state index contributed by atoms with van der Waals surface area (Å²) >= 11 is 3.28. The smallest absolute Gasteiger partial charge is 0.147 e. The van der Waals surface area contributed by atoms with E-state index in [9.17, 15) is 4.39 Å². The molecule has 0 heterocycles. The Morgan fingerprint density at radius 2 is 2.06 bits per heavy atom. The fourth-order valence-corrected chi connectivity index (χ4v) is 2.97. The monoisotopic (exact) mass is 313 g/mol. The molecule has 18 heavy (non-hydrogen) atoms. The van der Waals surface area contributed by atoms with Gasteiger partial charge in [0.15, 0.2) is 0 Å². The molecule has 100 valence electrons. The largest absolute Gasteiger partial charge is 0.380 e. The summed E-state index contributed by atoms with van der Waals surface area (Å²) < 4.78 is 14.6. The third kappa shape index (κ3) is 3.71. The van der Waals surface area contributed by atoms with E-state index in [2.05, 4.69) is 35.1 Å². The van der Waals surface area contributed by atoms with Gasteiger partial charge in [0, 0.05) is 10.5 Å². The fourth-order valence-electron chi connectivity index (χ4n) is 2.63. The minimum Gasteiger partial charge on any atom is -0.380 e. The van der Waals surface area contributed by atoms with Crippen molar-refractivity contribution >= 4 is 21.6 Å². The molecule has 0 aliphatic heterocycles. The third-order valence-electron chi connectivity index (χ3n) is 3.87. The van der Waals surface area contributed by atoms with Gasteiger partial charge in [-0.05, 0) is 49.3 Å². The molecule has 1 atom stereocenters. The maximum absolute atomic E-state index is 13.8. The number of benzene rings is 1. The number of hydrogen-bond donors (Lipinski definition) is 1. The van der Waals surface area contributed by atoms with E-state index in [-0.39, 0.29) is 5.82 Å². The van der Waals surface area contributed by atoms with Crippen LogP contribution in [0.25, 0.3) is 0 Å². The lowest BCUT2D eigenvalue weighted by atomic mass is 9.85. The maximum atomic E-state index is 13.8. The predicted octanol–water partition coefficient (Wildman–Crippen LogP) is 5.36. The molecule has 1 aliphatic carbocycles. The molecule has 3 heteroatoms. The van der Waals surface area contributed by atoms with E-state index >= 15 is 0 Å². The molecule has 0 spiro atoms. The first-order valence-electron chi connectivity index (χ1n) is 6.68. The van der Waals surface area contributed by atoms with Crippen molar-refractivity contribution in [3.8, 4) is 0 Å². The highest BCUT2D eigenvalue weighted by Gasteiger charge is 2.24. The molecular weight excluding hydrogens is 293 g/mol. The van der Waals surface area contributed by atoms with Crippen molar-refractivity contribution in [3.05, 3.63) is 28.5 Å². The van der Waals surface area contributed by atoms with Gasteiger partial charge in [0.1, 0.15) is 5.82 Å². The van der Waals surface area contributed by atoms with Gasteiger partial charge < -0.3 is 5.32 Å². The quantitative estimate of drug-likeness (QED) is 0.725. The maximum Gasteiger partial charge on any atom is 0.147 e. The highest BCUT2D eigenvalue weighted by atomic mass is 79.9. The molecule has 0 bridgehead atoms. The molecule has 1 nitrogen and oxygen atoms in total. The van der Waals surface area contributed by atoms with E-state index in [0.29, 0.717) is 17.1 Å². The molecule has 2 rings (SSSR count). The predicted molar refractivity (Wildman–Crippen MR) is 78.4 cm³/mol. The molecule has 1 saturated carbocycles. The second-order valence-corrected chi connectivity index (χ2v) is 6.98. The van der Waals surface area contributed by atoms with Crippen LogP contribution in [-0.4, -0.2) is 6.04 Å². The molecule has 1 fully saturated rings. The second kappa shape index (κ2) is 5.60. The molecule has 0 aromatic heterocycles. The first-order chi connectivity index (χ1) is 8.46. The summed E-state index contributed by atoms with van der Waals surface area (Å²) in [6.45, 7) is 4.66. The van der Waals surface area contributed by atoms with E-state index in [4.69, 9.17) is 0 Å². The van der Waals surface area contributed by atoms with Crippen LogP contribution in [0.3, 0.4) is 0 Å². The Labute approximate surface area is 117 Å². The van der Waals surface area contributed by atoms with E-state index in [1.54, 1.807) is 0 Å². The second-order valence-electron chi connectivity index (χ2n) is 6.06. The molecular formula is C15H21BrFN. The van der Waals surface area contributed by atoms with Crippen LogP contribution in [-0.2, 0) is 0 Å². The van der Waals surface area contributed by atoms with Crippen LogP contribution in [0.2, 0.25) is 0 Å². The zero-order valence-corrected chi connectivity index (χ0v) is 12.7. The van der Waals surface area contributed by atoms with Crippen molar-refractivity contribution in [2.75, 3.05) is 5.32 Å². The van der Waals surface area contributed by atoms with Crippen LogP contribution in [0.4, 0.5) is 10.1 Å². The number of nitrogens with one attached hydrogen (secondary N) is 1. The topological polar surface area (TPSA) is 12.0 Å². The van der Waals surface area contributed by atoms with E-state index in [1.165, 1.54) is 25.3 Å². The summed E-state index contributed by atoms with van der Waals surface area (Å²) in [6, 6.07) is 5.62. The van der Waals surface area contributed by atoms with E-state index in [1.807, 2.05) is 12.1 Å². The molecule has 1 aromatic carbocycles. The van der Waals surface area contributed by atoms with Crippen molar-refractivity contribution in [1.82, 2.24) is 0 Å². The van der Waals surface area contributed by atoms with Gasteiger partial charge in [0.2, 0.25) is 0 Å². The molecule has 0 saturated heterocycles. The Balaban J connectivity index is 2.01. The van der Waals surface area contributed by atoms with Gasteiger partial charge in [-0.15, -0.1) is 0 Å². The average Bonchev–Trinajstić information content (AvgIpc) is 2.44. The van der Waals surface area contributed by atoms with Crippen LogP contribution in [0, 0.1) is 11.2 Å². The Bertz CT molecular complexity index is 417. The van der Waals surface area contributed by atoms with Crippen LogP contribution in [0.1, 0.15) is 46.0 Å². The molecule has 0 amide bonds. The molecule has 1 unspecified atom stereocenters. The van der Waals surface area contributed by atoms with Gasteiger partial charge in [-0.1, -0.05) is 36.2 Å².